The number of hydrogen-bond acceptors (Lipinski definition) is 3. The maximum absolute atomic E-state index is 8.76. The van der Waals surface area contributed by atoms with Gasteiger partial charge in [-0.3, -0.25) is 0 Å². The van der Waals surface area contributed by atoms with Gasteiger partial charge in [-0.1, -0.05) is 6.58 Å². The van der Waals surface area contributed by atoms with E-state index in [1.54, 1.807) is 17.1 Å². The second-order valence-electron chi connectivity index (χ2n) is 2.98. The summed E-state index contributed by atoms with van der Waals surface area (Å²) in [4.78, 5) is 0. The average Bonchev–Trinajstić information content (AvgIpc) is 2.61. The standard InChI is InChI=1S/C9H15N3O/c1-3-12-6-9(5-11-12)4-10-8(2)7-13/h3,5-6,8,10,13H,1,4,7H2,2H3. The Balaban J connectivity index is 2.40. The molecule has 0 bridgehead atoms. The molecule has 0 radical (unpaired) electrons. The Morgan fingerprint density at radius 2 is 2.62 bits per heavy atom. The van der Waals surface area contributed by atoms with Gasteiger partial charge in [0.25, 0.3) is 0 Å². The lowest BCUT2D eigenvalue weighted by Crippen LogP contribution is -2.28. The van der Waals surface area contributed by atoms with Crippen molar-refractivity contribution in [1.29, 1.82) is 0 Å². The van der Waals surface area contributed by atoms with Gasteiger partial charge in [-0.15, -0.1) is 0 Å². The smallest absolute Gasteiger partial charge is 0.0582 e. The lowest BCUT2D eigenvalue weighted by Gasteiger charge is -2.08. The Morgan fingerprint density at radius 1 is 1.85 bits per heavy atom. The first-order chi connectivity index (χ1) is 6.26. The molecule has 0 amide bonds. The summed E-state index contributed by atoms with van der Waals surface area (Å²) in [5.74, 6) is 0. The van der Waals surface area contributed by atoms with E-state index in [4.69, 9.17) is 5.11 Å². The molecular weight excluding hydrogens is 166 g/mol. The van der Waals surface area contributed by atoms with E-state index in [-0.39, 0.29) is 12.6 Å². The minimum atomic E-state index is 0.118. The number of aromatic nitrogens is 2. The second-order valence-corrected chi connectivity index (χ2v) is 2.98. The summed E-state index contributed by atoms with van der Waals surface area (Å²) in [7, 11) is 0. The highest BCUT2D eigenvalue weighted by molar-refractivity contribution is 5.17. The Labute approximate surface area is 77.9 Å². The molecule has 0 aliphatic carbocycles. The van der Waals surface area contributed by atoms with E-state index < -0.39 is 0 Å². The molecular formula is C9H15N3O. The molecule has 72 valence electrons. The molecule has 0 saturated heterocycles. The minimum Gasteiger partial charge on any atom is -0.395 e. The zero-order chi connectivity index (χ0) is 9.68. The monoisotopic (exact) mass is 181 g/mol. The van der Waals surface area contributed by atoms with Crippen LogP contribution < -0.4 is 5.32 Å². The molecule has 0 spiro atoms. The third kappa shape index (κ3) is 3.01. The topological polar surface area (TPSA) is 50.1 Å². The second kappa shape index (κ2) is 4.79. The van der Waals surface area contributed by atoms with Gasteiger partial charge >= 0.3 is 0 Å². The number of nitrogens with zero attached hydrogens (tertiary/aromatic N) is 2. The predicted octanol–water partition coefficient (Wildman–Crippen LogP) is 0.454. The van der Waals surface area contributed by atoms with E-state index >= 15 is 0 Å². The molecule has 0 aromatic carbocycles. The van der Waals surface area contributed by atoms with Crippen molar-refractivity contribution in [2.45, 2.75) is 19.5 Å². The number of aliphatic hydroxyl groups is 1. The molecule has 1 heterocycles. The van der Waals surface area contributed by atoms with E-state index in [0.717, 1.165) is 12.1 Å². The van der Waals surface area contributed by atoms with Crippen LogP contribution in [-0.4, -0.2) is 27.5 Å². The lowest BCUT2D eigenvalue weighted by molar-refractivity contribution is 0.251. The fourth-order valence-electron chi connectivity index (χ4n) is 0.925. The molecule has 0 fully saturated rings. The van der Waals surface area contributed by atoms with E-state index in [1.165, 1.54) is 0 Å². The summed E-state index contributed by atoms with van der Waals surface area (Å²) < 4.78 is 1.65. The van der Waals surface area contributed by atoms with Crippen LogP contribution in [0.3, 0.4) is 0 Å². The summed E-state index contributed by atoms with van der Waals surface area (Å²) in [6.45, 7) is 6.39. The molecule has 1 aromatic heterocycles. The molecule has 0 aliphatic heterocycles. The van der Waals surface area contributed by atoms with Crippen molar-refractivity contribution in [2.24, 2.45) is 0 Å². The molecule has 0 aliphatic rings. The van der Waals surface area contributed by atoms with Gasteiger partial charge in [-0.05, 0) is 6.92 Å². The summed E-state index contributed by atoms with van der Waals surface area (Å²) in [5, 5.41) is 15.9. The van der Waals surface area contributed by atoms with Crippen molar-refractivity contribution in [1.82, 2.24) is 15.1 Å². The SMILES string of the molecule is C=Cn1cc(CNC(C)CO)cn1. The van der Waals surface area contributed by atoms with Crippen LogP contribution in [-0.2, 0) is 6.54 Å². The number of nitrogens with one attached hydrogen (secondary N) is 1. The Bertz CT molecular complexity index is 270. The van der Waals surface area contributed by atoms with Gasteiger partial charge in [0.15, 0.2) is 0 Å². The summed E-state index contributed by atoms with van der Waals surface area (Å²) in [5.41, 5.74) is 1.08. The number of rotatable bonds is 5. The Kier molecular flexibility index (Phi) is 3.67. The van der Waals surface area contributed by atoms with E-state index in [1.807, 2.05) is 13.1 Å². The molecule has 1 atom stereocenters. The highest BCUT2D eigenvalue weighted by atomic mass is 16.3. The number of aliphatic hydroxyl groups excluding tert-OH is 1. The van der Waals surface area contributed by atoms with Crippen molar-refractivity contribution in [3.8, 4) is 0 Å². The maximum Gasteiger partial charge on any atom is 0.0582 e. The van der Waals surface area contributed by atoms with Gasteiger partial charge in [0.2, 0.25) is 0 Å². The van der Waals surface area contributed by atoms with Gasteiger partial charge < -0.3 is 10.4 Å². The highest BCUT2D eigenvalue weighted by Gasteiger charge is 2.00. The normalized spacial score (nSPS) is 12.8. The van der Waals surface area contributed by atoms with Gasteiger partial charge in [-0.2, -0.15) is 5.10 Å². The first-order valence-corrected chi connectivity index (χ1v) is 4.26. The molecule has 4 nitrogen and oxygen atoms in total. The first kappa shape index (κ1) is 9.95. The average molecular weight is 181 g/mol. The van der Waals surface area contributed by atoms with Crippen LogP contribution in [0.1, 0.15) is 12.5 Å². The first-order valence-electron chi connectivity index (χ1n) is 4.26. The molecule has 1 rings (SSSR count). The van der Waals surface area contributed by atoms with Crippen LogP contribution in [0.4, 0.5) is 0 Å². The van der Waals surface area contributed by atoms with Crippen LogP contribution in [0, 0.1) is 0 Å². The van der Waals surface area contributed by atoms with Gasteiger partial charge in [0.05, 0.1) is 12.8 Å². The molecule has 0 saturated carbocycles. The van der Waals surface area contributed by atoms with Crippen molar-refractivity contribution < 1.29 is 5.11 Å². The summed E-state index contributed by atoms with van der Waals surface area (Å²) in [6.07, 6.45) is 5.31. The van der Waals surface area contributed by atoms with Crippen LogP contribution in [0.5, 0.6) is 0 Å². The minimum absolute atomic E-state index is 0.118. The Hall–Kier alpha value is -1.13. The van der Waals surface area contributed by atoms with E-state index in [0.29, 0.717) is 0 Å². The molecule has 13 heavy (non-hydrogen) atoms. The van der Waals surface area contributed by atoms with Crippen LogP contribution in [0.2, 0.25) is 0 Å². The number of hydrogen-bond donors (Lipinski definition) is 2. The van der Waals surface area contributed by atoms with Crippen LogP contribution in [0.25, 0.3) is 6.20 Å². The zero-order valence-electron chi connectivity index (χ0n) is 7.77. The third-order valence-corrected chi connectivity index (χ3v) is 1.77. The third-order valence-electron chi connectivity index (χ3n) is 1.77. The zero-order valence-corrected chi connectivity index (χ0v) is 7.77. The van der Waals surface area contributed by atoms with Crippen molar-refractivity contribution in [3.05, 3.63) is 24.5 Å². The fourth-order valence-corrected chi connectivity index (χ4v) is 0.925. The lowest BCUT2D eigenvalue weighted by atomic mass is 10.3. The largest absolute Gasteiger partial charge is 0.395 e. The molecule has 1 unspecified atom stereocenters. The Morgan fingerprint density at radius 3 is 3.15 bits per heavy atom. The van der Waals surface area contributed by atoms with Crippen LogP contribution in [0.15, 0.2) is 19.0 Å². The highest BCUT2D eigenvalue weighted by Crippen LogP contribution is 1.97. The molecule has 4 heteroatoms. The van der Waals surface area contributed by atoms with Crippen LogP contribution >= 0.6 is 0 Å². The quantitative estimate of drug-likeness (QED) is 0.693. The van der Waals surface area contributed by atoms with Crippen molar-refractivity contribution >= 4 is 6.20 Å². The predicted molar refractivity (Wildman–Crippen MR) is 52.0 cm³/mol. The molecule has 1 aromatic rings. The summed E-state index contributed by atoms with van der Waals surface area (Å²) >= 11 is 0. The van der Waals surface area contributed by atoms with Crippen molar-refractivity contribution in [2.75, 3.05) is 6.61 Å². The summed E-state index contributed by atoms with van der Waals surface area (Å²) in [6, 6.07) is 0.118. The molecule has 2 N–H and O–H groups in total. The van der Waals surface area contributed by atoms with E-state index in [2.05, 4.69) is 17.0 Å². The van der Waals surface area contributed by atoms with Gasteiger partial charge in [-0.25, -0.2) is 4.68 Å². The van der Waals surface area contributed by atoms with E-state index in [9.17, 15) is 0 Å². The fraction of sp³-hybridized carbons (Fsp3) is 0.444. The van der Waals surface area contributed by atoms with Gasteiger partial charge in [0, 0.05) is 30.5 Å². The van der Waals surface area contributed by atoms with Gasteiger partial charge in [0.1, 0.15) is 0 Å². The maximum atomic E-state index is 8.76. The van der Waals surface area contributed by atoms with Crippen molar-refractivity contribution in [3.63, 3.8) is 0 Å².